The zero-order valence-corrected chi connectivity index (χ0v) is 11.8. The Morgan fingerprint density at radius 2 is 2.17 bits per heavy atom. The van der Waals surface area contributed by atoms with Crippen LogP contribution in [-0.4, -0.2) is 33.6 Å². The van der Waals surface area contributed by atoms with Gasteiger partial charge in [-0.1, -0.05) is 6.92 Å². The van der Waals surface area contributed by atoms with Gasteiger partial charge in [0.1, 0.15) is 0 Å². The van der Waals surface area contributed by atoms with Gasteiger partial charge in [-0.15, -0.1) is 0 Å². The zero-order chi connectivity index (χ0) is 13.1. The summed E-state index contributed by atoms with van der Waals surface area (Å²) >= 11 is 5.93. The largest absolute Gasteiger partial charge is 0.461 e. The molecule has 18 heavy (non-hydrogen) atoms. The molecule has 0 aliphatic carbocycles. The third-order valence-corrected chi connectivity index (χ3v) is 3.19. The molecule has 0 aromatic carbocycles. The van der Waals surface area contributed by atoms with Crippen molar-refractivity contribution < 1.29 is 4.74 Å². The monoisotopic (exact) mass is 270 g/mol. The Balaban J connectivity index is 2.24. The SMILES string of the molecule is CCC1CCCN1c1nc(Cl)nc(OC(C)C)n1. The van der Waals surface area contributed by atoms with Crippen LogP contribution in [0.1, 0.15) is 40.0 Å². The smallest absolute Gasteiger partial charge is 0.322 e. The molecule has 2 heterocycles. The second-order valence-electron chi connectivity index (χ2n) is 4.75. The Kier molecular flexibility index (Phi) is 4.22. The molecule has 1 aliphatic rings. The normalized spacial score (nSPS) is 19.6. The molecule has 1 saturated heterocycles. The van der Waals surface area contributed by atoms with Gasteiger partial charge >= 0.3 is 6.01 Å². The van der Waals surface area contributed by atoms with Crippen molar-refractivity contribution in [2.24, 2.45) is 0 Å². The van der Waals surface area contributed by atoms with Gasteiger partial charge in [0.05, 0.1) is 6.10 Å². The molecule has 0 spiro atoms. The molecule has 6 heteroatoms. The van der Waals surface area contributed by atoms with Crippen LogP contribution in [0, 0.1) is 0 Å². The highest BCUT2D eigenvalue weighted by molar-refractivity contribution is 6.28. The highest BCUT2D eigenvalue weighted by atomic mass is 35.5. The van der Waals surface area contributed by atoms with Crippen molar-refractivity contribution in [2.45, 2.75) is 52.2 Å². The number of ether oxygens (including phenoxy) is 1. The fourth-order valence-electron chi connectivity index (χ4n) is 2.24. The maximum Gasteiger partial charge on any atom is 0.322 e. The van der Waals surface area contributed by atoms with E-state index in [1.165, 1.54) is 12.8 Å². The van der Waals surface area contributed by atoms with Crippen molar-refractivity contribution >= 4 is 17.5 Å². The van der Waals surface area contributed by atoms with E-state index in [4.69, 9.17) is 16.3 Å². The molecule has 0 radical (unpaired) electrons. The van der Waals surface area contributed by atoms with Crippen LogP contribution in [-0.2, 0) is 0 Å². The van der Waals surface area contributed by atoms with Crippen molar-refractivity contribution in [3.8, 4) is 6.01 Å². The fraction of sp³-hybridized carbons (Fsp3) is 0.750. The molecule has 0 amide bonds. The van der Waals surface area contributed by atoms with Gasteiger partial charge in [-0.3, -0.25) is 0 Å². The van der Waals surface area contributed by atoms with E-state index in [1.54, 1.807) is 0 Å². The summed E-state index contributed by atoms with van der Waals surface area (Å²) in [7, 11) is 0. The van der Waals surface area contributed by atoms with Crippen molar-refractivity contribution in [1.82, 2.24) is 15.0 Å². The van der Waals surface area contributed by atoms with Gasteiger partial charge in [0.25, 0.3) is 0 Å². The van der Waals surface area contributed by atoms with Gasteiger partial charge in [-0.25, -0.2) is 0 Å². The molecular formula is C12H19ClN4O. The summed E-state index contributed by atoms with van der Waals surface area (Å²) in [5, 5.41) is 0.192. The minimum atomic E-state index is 0.0249. The molecule has 0 saturated carbocycles. The van der Waals surface area contributed by atoms with E-state index in [0.717, 1.165) is 13.0 Å². The summed E-state index contributed by atoms with van der Waals surface area (Å²) in [6.07, 6.45) is 3.46. The molecule has 2 rings (SSSR count). The van der Waals surface area contributed by atoms with Crippen LogP contribution in [0.5, 0.6) is 6.01 Å². The minimum absolute atomic E-state index is 0.0249. The second-order valence-corrected chi connectivity index (χ2v) is 5.09. The van der Waals surface area contributed by atoms with Gasteiger partial charge in [0.2, 0.25) is 11.2 Å². The molecule has 100 valence electrons. The molecular weight excluding hydrogens is 252 g/mol. The van der Waals surface area contributed by atoms with E-state index < -0.39 is 0 Å². The number of hydrogen-bond donors (Lipinski definition) is 0. The molecule has 0 bridgehead atoms. The summed E-state index contributed by atoms with van der Waals surface area (Å²) in [4.78, 5) is 14.7. The van der Waals surface area contributed by atoms with Crippen molar-refractivity contribution in [2.75, 3.05) is 11.4 Å². The molecule has 5 nitrogen and oxygen atoms in total. The van der Waals surface area contributed by atoms with Crippen LogP contribution in [0.3, 0.4) is 0 Å². The van der Waals surface area contributed by atoms with E-state index in [9.17, 15) is 0 Å². The summed E-state index contributed by atoms with van der Waals surface area (Å²) in [6.45, 7) is 7.02. The zero-order valence-electron chi connectivity index (χ0n) is 11.1. The number of rotatable bonds is 4. The van der Waals surface area contributed by atoms with Gasteiger partial charge in [0.15, 0.2) is 0 Å². The lowest BCUT2D eigenvalue weighted by molar-refractivity contribution is 0.221. The predicted molar refractivity (Wildman–Crippen MR) is 71.3 cm³/mol. The Bertz CT molecular complexity index is 413. The third-order valence-electron chi connectivity index (χ3n) is 3.02. The van der Waals surface area contributed by atoms with Gasteiger partial charge in [0, 0.05) is 12.6 Å². The summed E-state index contributed by atoms with van der Waals surface area (Å²) in [6, 6.07) is 0.803. The lowest BCUT2D eigenvalue weighted by Gasteiger charge is -2.23. The number of nitrogens with zero attached hydrogens (tertiary/aromatic N) is 4. The molecule has 1 fully saturated rings. The average Bonchev–Trinajstić information content (AvgIpc) is 2.75. The van der Waals surface area contributed by atoms with Crippen molar-refractivity contribution in [3.05, 3.63) is 5.28 Å². The first-order chi connectivity index (χ1) is 8.60. The number of anilines is 1. The van der Waals surface area contributed by atoms with E-state index in [2.05, 4.69) is 26.8 Å². The van der Waals surface area contributed by atoms with E-state index >= 15 is 0 Å². The number of halogens is 1. The highest BCUT2D eigenvalue weighted by Gasteiger charge is 2.26. The minimum Gasteiger partial charge on any atom is -0.461 e. The fourth-order valence-corrected chi connectivity index (χ4v) is 2.39. The molecule has 1 aromatic heterocycles. The lowest BCUT2D eigenvalue weighted by Crippen LogP contribution is -2.30. The van der Waals surface area contributed by atoms with E-state index in [0.29, 0.717) is 18.0 Å². The summed E-state index contributed by atoms with van der Waals surface area (Å²) in [5.74, 6) is 0.634. The summed E-state index contributed by atoms with van der Waals surface area (Å²) < 4.78 is 5.49. The number of hydrogen-bond acceptors (Lipinski definition) is 5. The summed E-state index contributed by atoms with van der Waals surface area (Å²) in [5.41, 5.74) is 0. The number of aromatic nitrogens is 3. The Morgan fingerprint density at radius 1 is 1.39 bits per heavy atom. The maximum atomic E-state index is 5.93. The van der Waals surface area contributed by atoms with Crippen LogP contribution in [0.2, 0.25) is 5.28 Å². The van der Waals surface area contributed by atoms with Crippen LogP contribution in [0.25, 0.3) is 0 Å². The van der Waals surface area contributed by atoms with Gasteiger partial charge in [-0.2, -0.15) is 15.0 Å². The first-order valence-corrected chi connectivity index (χ1v) is 6.82. The van der Waals surface area contributed by atoms with Gasteiger partial charge < -0.3 is 9.64 Å². The van der Waals surface area contributed by atoms with Crippen molar-refractivity contribution in [1.29, 1.82) is 0 Å². The molecule has 0 N–H and O–H groups in total. The van der Waals surface area contributed by atoms with Crippen LogP contribution < -0.4 is 9.64 Å². The average molecular weight is 271 g/mol. The van der Waals surface area contributed by atoms with Crippen LogP contribution >= 0.6 is 11.6 Å². The quantitative estimate of drug-likeness (QED) is 0.842. The first kappa shape index (κ1) is 13.3. The maximum absolute atomic E-state index is 5.93. The first-order valence-electron chi connectivity index (χ1n) is 6.45. The predicted octanol–water partition coefficient (Wildman–Crippen LogP) is 2.69. The molecule has 1 unspecified atom stereocenters. The van der Waals surface area contributed by atoms with Crippen LogP contribution in [0.15, 0.2) is 0 Å². The third kappa shape index (κ3) is 3.02. The van der Waals surface area contributed by atoms with Crippen LogP contribution in [0.4, 0.5) is 5.95 Å². The highest BCUT2D eigenvalue weighted by Crippen LogP contribution is 2.26. The van der Waals surface area contributed by atoms with Gasteiger partial charge in [-0.05, 0) is 44.7 Å². The van der Waals surface area contributed by atoms with E-state index in [1.807, 2.05) is 13.8 Å². The standard InChI is InChI=1S/C12H19ClN4O/c1-4-9-6-5-7-17(9)11-14-10(13)15-12(16-11)18-8(2)3/h8-9H,4-7H2,1-3H3. The second kappa shape index (κ2) is 5.69. The molecule has 1 atom stereocenters. The molecule has 1 aromatic rings. The Morgan fingerprint density at radius 3 is 2.83 bits per heavy atom. The Labute approximate surface area is 113 Å². The topological polar surface area (TPSA) is 51.1 Å². The molecule has 1 aliphatic heterocycles. The lowest BCUT2D eigenvalue weighted by atomic mass is 10.2. The van der Waals surface area contributed by atoms with Crippen molar-refractivity contribution in [3.63, 3.8) is 0 Å². The van der Waals surface area contributed by atoms with E-state index in [-0.39, 0.29) is 11.4 Å². The Hall–Kier alpha value is -1.10.